The summed E-state index contributed by atoms with van der Waals surface area (Å²) in [5, 5.41) is 16.0. The van der Waals surface area contributed by atoms with Crippen molar-refractivity contribution in [1.29, 1.82) is 0 Å². The monoisotopic (exact) mass is 606 g/mol. The van der Waals surface area contributed by atoms with E-state index in [-0.39, 0.29) is 23.8 Å². The number of benzene rings is 4. The number of non-ortho nitro benzene ring substituents is 1. The molecule has 0 amide bonds. The van der Waals surface area contributed by atoms with Gasteiger partial charge in [-0.05, 0) is 96.6 Å². The Kier molecular flexibility index (Phi) is 9.22. The number of para-hydroxylation sites is 1. The van der Waals surface area contributed by atoms with Crippen LogP contribution in [0.2, 0.25) is 0 Å². The first-order chi connectivity index (χ1) is 21.7. The van der Waals surface area contributed by atoms with Crippen molar-refractivity contribution in [1.82, 2.24) is 9.66 Å². The van der Waals surface area contributed by atoms with E-state index in [0.29, 0.717) is 40.4 Å². The molecule has 0 saturated heterocycles. The number of hydrogen-bond donors (Lipinski definition) is 0. The predicted molar refractivity (Wildman–Crippen MR) is 175 cm³/mol. The first-order valence-corrected chi connectivity index (χ1v) is 14.6. The first kappa shape index (κ1) is 30.9. The zero-order chi connectivity index (χ0) is 32.1. The van der Waals surface area contributed by atoms with E-state index >= 15 is 0 Å². The lowest BCUT2D eigenvalue weighted by Gasteiger charge is -2.18. The molecule has 230 valence electrons. The number of aromatic nitrogens is 2. The van der Waals surface area contributed by atoms with Crippen molar-refractivity contribution in [3.63, 3.8) is 0 Å². The van der Waals surface area contributed by atoms with Gasteiger partial charge in [-0.1, -0.05) is 26.0 Å². The van der Waals surface area contributed by atoms with Crippen LogP contribution in [0.1, 0.15) is 48.9 Å². The quantitative estimate of drug-likeness (QED) is 0.0881. The summed E-state index contributed by atoms with van der Waals surface area (Å²) in [5.41, 5.74) is 4.47. The van der Waals surface area contributed by atoms with E-state index in [1.807, 2.05) is 38.1 Å². The molecule has 0 fully saturated rings. The number of ether oxygens (including phenoxy) is 3. The average Bonchev–Trinajstić information content (AvgIpc) is 3.03. The van der Waals surface area contributed by atoms with Crippen LogP contribution in [0, 0.1) is 17.0 Å². The lowest BCUT2D eigenvalue weighted by Crippen LogP contribution is -2.21. The van der Waals surface area contributed by atoms with Crippen LogP contribution < -0.4 is 19.8 Å². The highest BCUT2D eigenvalue weighted by Crippen LogP contribution is 2.34. The molecule has 0 N–H and O–H groups in total. The maximum atomic E-state index is 13.8. The van der Waals surface area contributed by atoms with Crippen LogP contribution in [-0.4, -0.2) is 34.5 Å². The molecule has 10 heteroatoms. The summed E-state index contributed by atoms with van der Waals surface area (Å²) in [5.74, 6) is 2.38. The zero-order valence-electron chi connectivity index (χ0n) is 25.8. The van der Waals surface area contributed by atoms with Gasteiger partial charge < -0.3 is 14.2 Å². The lowest BCUT2D eigenvalue weighted by atomic mass is 9.96. The second-order valence-electron chi connectivity index (χ2n) is 10.7. The van der Waals surface area contributed by atoms with Crippen LogP contribution in [0.3, 0.4) is 0 Å². The van der Waals surface area contributed by atoms with Gasteiger partial charge in [0.05, 0.1) is 35.8 Å². The van der Waals surface area contributed by atoms with Crippen molar-refractivity contribution in [2.75, 3.05) is 13.7 Å². The second kappa shape index (κ2) is 13.4. The number of rotatable bonds is 11. The fraction of sp³-hybridized carbons (Fsp3) is 0.229. The summed E-state index contributed by atoms with van der Waals surface area (Å²) >= 11 is 0. The molecule has 0 saturated carbocycles. The molecule has 0 bridgehead atoms. The fourth-order valence-corrected chi connectivity index (χ4v) is 4.96. The van der Waals surface area contributed by atoms with Crippen LogP contribution >= 0.6 is 0 Å². The Labute approximate surface area is 260 Å². The summed E-state index contributed by atoms with van der Waals surface area (Å²) in [4.78, 5) is 29.2. The van der Waals surface area contributed by atoms with Gasteiger partial charge >= 0.3 is 0 Å². The number of nitro benzene ring substituents is 1. The minimum Gasteiger partial charge on any atom is -0.494 e. The Morgan fingerprint density at radius 1 is 0.978 bits per heavy atom. The molecule has 45 heavy (non-hydrogen) atoms. The lowest BCUT2D eigenvalue weighted by molar-refractivity contribution is -0.384. The van der Waals surface area contributed by atoms with Gasteiger partial charge in [-0.2, -0.15) is 9.78 Å². The minimum atomic E-state index is -0.443. The maximum absolute atomic E-state index is 13.8. The molecule has 1 heterocycles. The van der Waals surface area contributed by atoms with Crippen LogP contribution in [-0.2, 0) is 6.61 Å². The summed E-state index contributed by atoms with van der Waals surface area (Å²) < 4.78 is 18.8. The third kappa shape index (κ3) is 6.70. The fourth-order valence-electron chi connectivity index (χ4n) is 4.96. The molecule has 0 aliphatic heterocycles. The van der Waals surface area contributed by atoms with Gasteiger partial charge in [0.2, 0.25) is 0 Å². The third-order valence-electron chi connectivity index (χ3n) is 7.32. The van der Waals surface area contributed by atoms with Crippen LogP contribution in [0.4, 0.5) is 5.69 Å². The van der Waals surface area contributed by atoms with Gasteiger partial charge in [0.25, 0.3) is 11.2 Å². The molecule has 0 aliphatic rings. The number of hydrogen-bond acceptors (Lipinski definition) is 8. The third-order valence-corrected chi connectivity index (χ3v) is 7.32. The molecule has 10 nitrogen and oxygen atoms in total. The Bertz CT molecular complexity index is 1950. The van der Waals surface area contributed by atoms with Gasteiger partial charge in [0.15, 0.2) is 17.3 Å². The van der Waals surface area contributed by atoms with E-state index in [4.69, 9.17) is 19.2 Å². The molecular formula is C35H34N4O6. The van der Waals surface area contributed by atoms with E-state index < -0.39 is 4.92 Å². The summed E-state index contributed by atoms with van der Waals surface area (Å²) in [6, 6.07) is 22.7. The number of nitro groups is 1. The Hall–Kier alpha value is -5.51. The average molecular weight is 607 g/mol. The zero-order valence-corrected chi connectivity index (χ0v) is 25.8. The van der Waals surface area contributed by atoms with Gasteiger partial charge in [0.1, 0.15) is 12.4 Å². The SMILES string of the molecule is CCOc1cc(C)c(-c2nc3ccccc3c(=O)n2N=Cc2ccc(OCc3ccc([N+](=O)[O-])cc3)c(OC)c2)cc1C(C)C. The van der Waals surface area contributed by atoms with Gasteiger partial charge in [-0.25, -0.2) is 4.98 Å². The summed E-state index contributed by atoms with van der Waals surface area (Å²) in [7, 11) is 1.53. The van der Waals surface area contributed by atoms with Crippen molar-refractivity contribution in [3.8, 4) is 28.6 Å². The number of nitrogens with zero attached hydrogens (tertiary/aromatic N) is 4. The van der Waals surface area contributed by atoms with E-state index in [1.54, 1.807) is 48.7 Å². The van der Waals surface area contributed by atoms with Crippen molar-refractivity contribution in [2.24, 2.45) is 5.10 Å². The molecule has 0 unspecified atom stereocenters. The Morgan fingerprint density at radius 3 is 2.42 bits per heavy atom. The van der Waals surface area contributed by atoms with Gasteiger partial charge in [-0.3, -0.25) is 14.9 Å². The Balaban J connectivity index is 1.52. The highest BCUT2D eigenvalue weighted by Gasteiger charge is 2.19. The highest BCUT2D eigenvalue weighted by atomic mass is 16.6. The van der Waals surface area contributed by atoms with Crippen molar-refractivity contribution in [3.05, 3.63) is 122 Å². The van der Waals surface area contributed by atoms with E-state index in [9.17, 15) is 14.9 Å². The predicted octanol–water partition coefficient (Wildman–Crippen LogP) is 7.27. The first-order valence-electron chi connectivity index (χ1n) is 14.6. The van der Waals surface area contributed by atoms with E-state index in [1.165, 1.54) is 23.9 Å². The molecule has 0 spiro atoms. The van der Waals surface area contributed by atoms with Crippen molar-refractivity contribution in [2.45, 2.75) is 40.2 Å². The molecule has 0 radical (unpaired) electrons. The molecule has 4 aromatic carbocycles. The van der Waals surface area contributed by atoms with E-state index in [0.717, 1.165) is 28.0 Å². The largest absolute Gasteiger partial charge is 0.494 e. The molecular weight excluding hydrogens is 572 g/mol. The number of aryl methyl sites for hydroxylation is 1. The van der Waals surface area contributed by atoms with Crippen LogP contribution in [0.15, 0.2) is 88.8 Å². The van der Waals surface area contributed by atoms with Crippen LogP contribution in [0.5, 0.6) is 17.2 Å². The van der Waals surface area contributed by atoms with E-state index in [2.05, 4.69) is 18.9 Å². The second-order valence-corrected chi connectivity index (χ2v) is 10.7. The van der Waals surface area contributed by atoms with Crippen molar-refractivity contribution < 1.29 is 19.1 Å². The molecule has 0 aliphatic carbocycles. The van der Waals surface area contributed by atoms with Crippen LogP contribution in [0.25, 0.3) is 22.3 Å². The summed E-state index contributed by atoms with van der Waals surface area (Å²) in [6.45, 7) is 8.87. The minimum absolute atomic E-state index is 0.0156. The van der Waals surface area contributed by atoms with Gasteiger partial charge in [0, 0.05) is 17.7 Å². The maximum Gasteiger partial charge on any atom is 0.282 e. The Morgan fingerprint density at radius 2 is 1.73 bits per heavy atom. The standard InChI is InChI=1S/C35H34N4O6/c1-6-44-32-17-23(4)29(19-28(32)22(2)3)34-37-30-10-8-7-9-27(30)35(40)38(34)36-20-25-13-16-31(33(18-25)43-5)45-21-24-11-14-26(15-12-24)39(41)42/h7-20,22H,6,21H2,1-5H3. The van der Waals surface area contributed by atoms with Crippen molar-refractivity contribution >= 4 is 22.8 Å². The smallest absolute Gasteiger partial charge is 0.282 e. The molecule has 5 aromatic rings. The topological polar surface area (TPSA) is 118 Å². The summed E-state index contributed by atoms with van der Waals surface area (Å²) in [6.07, 6.45) is 1.58. The number of fused-ring (bicyclic) bond motifs is 1. The highest BCUT2D eigenvalue weighted by molar-refractivity contribution is 5.83. The number of methoxy groups -OCH3 is 1. The molecule has 0 atom stereocenters. The molecule has 5 rings (SSSR count). The normalized spacial score (nSPS) is 11.3. The molecule has 1 aromatic heterocycles. The van der Waals surface area contributed by atoms with Gasteiger partial charge in [-0.15, -0.1) is 0 Å².